The fourth-order valence-corrected chi connectivity index (χ4v) is 0.874. The van der Waals surface area contributed by atoms with E-state index in [2.05, 4.69) is 15.3 Å². The van der Waals surface area contributed by atoms with Crippen molar-refractivity contribution in [2.24, 2.45) is 5.92 Å². The Morgan fingerprint density at radius 2 is 2.14 bits per heavy atom. The Morgan fingerprint density at radius 3 is 2.64 bits per heavy atom. The highest BCUT2D eigenvalue weighted by Crippen LogP contribution is 2.05. The average molecular weight is 196 g/mol. The third-order valence-corrected chi connectivity index (χ3v) is 1.93. The van der Waals surface area contributed by atoms with E-state index in [0.29, 0.717) is 18.2 Å². The minimum atomic E-state index is -0.380. The fourth-order valence-electron chi connectivity index (χ4n) is 0.874. The van der Waals surface area contributed by atoms with Gasteiger partial charge in [-0.05, 0) is 5.92 Å². The van der Waals surface area contributed by atoms with E-state index in [1.807, 2.05) is 13.8 Å². The van der Waals surface area contributed by atoms with Crippen LogP contribution >= 0.6 is 0 Å². The Bertz CT molecular complexity index is 273. The van der Waals surface area contributed by atoms with E-state index in [-0.39, 0.29) is 12.0 Å². The van der Waals surface area contributed by atoms with Crippen LogP contribution in [0.5, 0.6) is 0 Å². The van der Waals surface area contributed by atoms with Crippen LogP contribution in [0.4, 0.5) is 11.6 Å². The average Bonchev–Trinajstić information content (AvgIpc) is 2.16. The Morgan fingerprint density at radius 1 is 1.43 bits per heavy atom. The molecule has 1 aromatic heterocycles. The van der Waals surface area contributed by atoms with Crippen molar-refractivity contribution >= 4 is 11.6 Å². The number of aromatic nitrogens is 2. The van der Waals surface area contributed by atoms with Gasteiger partial charge in [0.25, 0.3) is 0 Å². The number of aliphatic hydroxyl groups excluding tert-OH is 1. The number of nitrogens with one attached hydrogen (secondary N) is 1. The molecule has 0 aliphatic carbocycles. The third-order valence-electron chi connectivity index (χ3n) is 1.93. The highest BCUT2D eigenvalue weighted by Gasteiger charge is 2.08. The highest BCUT2D eigenvalue weighted by atomic mass is 16.3. The molecule has 0 saturated heterocycles. The monoisotopic (exact) mass is 196 g/mol. The highest BCUT2D eigenvalue weighted by molar-refractivity contribution is 5.35. The number of hydrogen-bond acceptors (Lipinski definition) is 5. The van der Waals surface area contributed by atoms with Crippen LogP contribution in [0.1, 0.15) is 13.8 Å². The summed E-state index contributed by atoms with van der Waals surface area (Å²) in [5.41, 5.74) is 5.38. The maximum Gasteiger partial charge on any atom is 0.144 e. The predicted octanol–water partition coefficient (Wildman–Crippen LogP) is 0.488. The lowest BCUT2D eigenvalue weighted by molar-refractivity contribution is 0.138. The van der Waals surface area contributed by atoms with Gasteiger partial charge >= 0.3 is 0 Å². The molecule has 0 saturated carbocycles. The maximum atomic E-state index is 9.51. The van der Waals surface area contributed by atoms with Crippen LogP contribution in [0, 0.1) is 5.92 Å². The van der Waals surface area contributed by atoms with Gasteiger partial charge in [-0.2, -0.15) is 0 Å². The minimum Gasteiger partial charge on any atom is -0.391 e. The molecule has 0 radical (unpaired) electrons. The van der Waals surface area contributed by atoms with Crippen molar-refractivity contribution in [2.45, 2.75) is 20.0 Å². The van der Waals surface area contributed by atoms with Gasteiger partial charge in [-0.25, -0.2) is 9.97 Å². The van der Waals surface area contributed by atoms with Crippen LogP contribution in [0.3, 0.4) is 0 Å². The second-order valence-corrected chi connectivity index (χ2v) is 3.52. The zero-order valence-corrected chi connectivity index (χ0v) is 8.44. The topological polar surface area (TPSA) is 84.1 Å². The normalized spacial score (nSPS) is 12.9. The number of anilines is 2. The maximum absolute atomic E-state index is 9.51. The smallest absolute Gasteiger partial charge is 0.144 e. The molecule has 0 spiro atoms. The molecule has 1 rings (SSSR count). The molecule has 0 aliphatic heterocycles. The zero-order valence-electron chi connectivity index (χ0n) is 8.44. The molecule has 0 aliphatic rings. The van der Waals surface area contributed by atoms with E-state index in [1.54, 1.807) is 6.20 Å². The first kappa shape index (κ1) is 10.7. The summed E-state index contributed by atoms with van der Waals surface area (Å²) in [5, 5.41) is 12.5. The summed E-state index contributed by atoms with van der Waals surface area (Å²) in [5.74, 6) is 1.24. The number of hydrogen-bond donors (Lipinski definition) is 3. The molecule has 78 valence electrons. The van der Waals surface area contributed by atoms with Crippen molar-refractivity contribution in [1.82, 2.24) is 9.97 Å². The van der Waals surface area contributed by atoms with Gasteiger partial charge in [0.2, 0.25) is 0 Å². The fraction of sp³-hybridized carbons (Fsp3) is 0.556. The van der Waals surface area contributed by atoms with Gasteiger partial charge in [0.15, 0.2) is 0 Å². The van der Waals surface area contributed by atoms with E-state index in [9.17, 15) is 5.11 Å². The summed E-state index contributed by atoms with van der Waals surface area (Å²) in [6.45, 7) is 4.39. The molecule has 1 heterocycles. The van der Waals surface area contributed by atoms with E-state index in [0.717, 1.165) is 0 Å². The molecular weight excluding hydrogens is 180 g/mol. The van der Waals surface area contributed by atoms with Gasteiger partial charge < -0.3 is 16.2 Å². The molecule has 0 aromatic carbocycles. The van der Waals surface area contributed by atoms with E-state index >= 15 is 0 Å². The summed E-state index contributed by atoms with van der Waals surface area (Å²) in [6.07, 6.45) is 2.64. The molecule has 0 fully saturated rings. The first-order valence-corrected chi connectivity index (χ1v) is 4.59. The van der Waals surface area contributed by atoms with Crippen LogP contribution in [-0.2, 0) is 0 Å². The molecule has 0 amide bonds. The minimum absolute atomic E-state index is 0.226. The molecule has 1 unspecified atom stereocenters. The molecule has 4 N–H and O–H groups in total. The van der Waals surface area contributed by atoms with E-state index < -0.39 is 0 Å². The third kappa shape index (κ3) is 3.18. The number of rotatable bonds is 4. The van der Waals surface area contributed by atoms with Gasteiger partial charge in [-0.3, -0.25) is 0 Å². The molecule has 5 heteroatoms. The summed E-state index contributed by atoms with van der Waals surface area (Å²) < 4.78 is 0. The van der Waals surface area contributed by atoms with E-state index in [1.165, 1.54) is 6.20 Å². The van der Waals surface area contributed by atoms with Crippen molar-refractivity contribution in [2.75, 3.05) is 17.6 Å². The first-order valence-electron chi connectivity index (χ1n) is 4.59. The largest absolute Gasteiger partial charge is 0.391 e. The summed E-state index contributed by atoms with van der Waals surface area (Å²) in [6, 6.07) is 0. The molecule has 14 heavy (non-hydrogen) atoms. The Labute approximate surface area is 83.4 Å². The summed E-state index contributed by atoms with van der Waals surface area (Å²) in [7, 11) is 0. The van der Waals surface area contributed by atoms with Crippen LogP contribution in [0.15, 0.2) is 12.4 Å². The number of aliphatic hydroxyl groups is 1. The number of nitrogens with zero attached hydrogens (tertiary/aromatic N) is 2. The van der Waals surface area contributed by atoms with Crippen molar-refractivity contribution in [3.05, 3.63) is 12.4 Å². The van der Waals surface area contributed by atoms with Crippen molar-refractivity contribution in [1.29, 1.82) is 0 Å². The second kappa shape index (κ2) is 4.76. The van der Waals surface area contributed by atoms with Crippen LogP contribution < -0.4 is 11.1 Å². The number of nitrogen functional groups attached to an aromatic ring is 1. The van der Waals surface area contributed by atoms with Crippen LogP contribution in [0.25, 0.3) is 0 Å². The van der Waals surface area contributed by atoms with Crippen molar-refractivity contribution in [3.63, 3.8) is 0 Å². The Balaban J connectivity index is 2.42. The molecular formula is C9H16N4O. The Kier molecular flexibility index (Phi) is 3.64. The standard InChI is InChI=1S/C9H16N4O/c1-6(2)7(14)3-12-9-5-11-8(10)4-13-9/h4-7,14H,3H2,1-2H3,(H2,10,11)(H,12,13). The van der Waals surface area contributed by atoms with Crippen LogP contribution in [0.2, 0.25) is 0 Å². The molecule has 1 aromatic rings. The first-order chi connectivity index (χ1) is 6.59. The van der Waals surface area contributed by atoms with E-state index in [4.69, 9.17) is 5.73 Å². The van der Waals surface area contributed by atoms with Crippen LogP contribution in [-0.4, -0.2) is 27.7 Å². The SMILES string of the molecule is CC(C)C(O)CNc1cnc(N)cn1. The van der Waals surface area contributed by atoms with Gasteiger partial charge in [0.1, 0.15) is 11.6 Å². The van der Waals surface area contributed by atoms with Gasteiger partial charge in [0.05, 0.1) is 18.5 Å². The van der Waals surface area contributed by atoms with Gasteiger partial charge in [-0.15, -0.1) is 0 Å². The molecule has 1 atom stereocenters. The quantitative estimate of drug-likeness (QED) is 0.652. The molecule has 0 bridgehead atoms. The van der Waals surface area contributed by atoms with Gasteiger partial charge in [-0.1, -0.05) is 13.8 Å². The van der Waals surface area contributed by atoms with Gasteiger partial charge in [0, 0.05) is 6.54 Å². The summed E-state index contributed by atoms with van der Waals surface area (Å²) >= 11 is 0. The predicted molar refractivity (Wildman–Crippen MR) is 55.8 cm³/mol. The van der Waals surface area contributed by atoms with Crippen molar-refractivity contribution < 1.29 is 5.11 Å². The zero-order chi connectivity index (χ0) is 10.6. The van der Waals surface area contributed by atoms with Crippen molar-refractivity contribution in [3.8, 4) is 0 Å². The molecule has 5 nitrogen and oxygen atoms in total. The lowest BCUT2D eigenvalue weighted by Crippen LogP contribution is -2.25. The second-order valence-electron chi connectivity index (χ2n) is 3.52. The summed E-state index contributed by atoms with van der Waals surface area (Å²) in [4.78, 5) is 7.87. The lowest BCUT2D eigenvalue weighted by atomic mass is 10.1. The lowest BCUT2D eigenvalue weighted by Gasteiger charge is -2.14. The number of nitrogens with two attached hydrogens (primary N) is 1. The Hall–Kier alpha value is -1.36.